The Morgan fingerprint density at radius 2 is 2.00 bits per heavy atom. The van der Waals surface area contributed by atoms with Crippen molar-refractivity contribution in [1.29, 1.82) is 0 Å². The molecule has 0 saturated carbocycles. The molecule has 1 aromatic rings. The predicted octanol–water partition coefficient (Wildman–Crippen LogP) is 2.68. The first kappa shape index (κ1) is 9.28. The third-order valence-electron chi connectivity index (χ3n) is 2.65. The zero-order valence-electron chi connectivity index (χ0n) is 8.70. The van der Waals surface area contributed by atoms with Gasteiger partial charge in [-0.25, -0.2) is 0 Å². The van der Waals surface area contributed by atoms with Gasteiger partial charge < -0.3 is 9.47 Å². The fourth-order valence-electron chi connectivity index (χ4n) is 1.96. The number of ether oxygens (including phenoxy) is 2. The highest BCUT2D eigenvalue weighted by Gasteiger charge is 2.27. The zero-order chi connectivity index (χ0) is 10.1. The first-order valence-electron chi connectivity index (χ1n) is 4.66. The highest BCUT2D eigenvalue weighted by atomic mass is 16.5. The van der Waals surface area contributed by atoms with Crippen LogP contribution in [0.5, 0.6) is 0 Å². The number of fused-ring (bicyclic) bond motifs is 1. The summed E-state index contributed by atoms with van der Waals surface area (Å²) in [7, 11) is 3.39. The third kappa shape index (κ3) is 1.23. The number of hydrogen-bond acceptors (Lipinski definition) is 2. The van der Waals surface area contributed by atoms with Crippen molar-refractivity contribution in [3.8, 4) is 0 Å². The van der Waals surface area contributed by atoms with Gasteiger partial charge in [0.2, 0.25) is 0 Å². The molecule has 1 aliphatic rings. The van der Waals surface area contributed by atoms with Crippen LogP contribution < -0.4 is 0 Å². The fraction of sp³-hybridized carbons (Fsp3) is 0.333. The Labute approximate surface area is 84.2 Å². The van der Waals surface area contributed by atoms with E-state index in [1.807, 2.05) is 6.08 Å². The van der Waals surface area contributed by atoms with Gasteiger partial charge in [-0.3, -0.25) is 0 Å². The van der Waals surface area contributed by atoms with E-state index in [4.69, 9.17) is 9.47 Å². The van der Waals surface area contributed by atoms with Crippen molar-refractivity contribution in [2.75, 3.05) is 14.2 Å². The molecule has 0 bridgehead atoms. The highest BCUT2D eigenvalue weighted by Crippen LogP contribution is 2.38. The molecule has 0 N–H and O–H groups in total. The Balaban J connectivity index is 2.52. The van der Waals surface area contributed by atoms with Crippen LogP contribution in [-0.2, 0) is 9.47 Å². The van der Waals surface area contributed by atoms with Gasteiger partial charge in [-0.05, 0) is 29.7 Å². The van der Waals surface area contributed by atoms with Crippen LogP contribution in [0.3, 0.4) is 0 Å². The van der Waals surface area contributed by atoms with E-state index in [1.54, 1.807) is 14.2 Å². The molecule has 1 atom stereocenters. The molecule has 0 aromatic heterocycles. The van der Waals surface area contributed by atoms with Crippen LogP contribution in [-0.4, -0.2) is 14.2 Å². The van der Waals surface area contributed by atoms with E-state index >= 15 is 0 Å². The summed E-state index contributed by atoms with van der Waals surface area (Å²) in [5.74, 6) is 0.886. The summed E-state index contributed by atoms with van der Waals surface area (Å²) in [5, 5.41) is 0. The minimum absolute atomic E-state index is 0.0313. The summed E-state index contributed by atoms with van der Waals surface area (Å²) in [4.78, 5) is 0. The largest absolute Gasteiger partial charge is 0.498 e. The monoisotopic (exact) mass is 190 g/mol. The second-order valence-corrected chi connectivity index (χ2v) is 3.44. The number of benzene rings is 1. The molecule has 0 amide bonds. The lowest BCUT2D eigenvalue weighted by Crippen LogP contribution is -2.04. The molecule has 0 spiro atoms. The molecule has 14 heavy (non-hydrogen) atoms. The SMILES string of the molecule is COC1=Cc2cccc(C)c2C1OC. The van der Waals surface area contributed by atoms with E-state index < -0.39 is 0 Å². The number of hydrogen-bond donors (Lipinski definition) is 0. The van der Waals surface area contributed by atoms with Crippen molar-refractivity contribution >= 4 is 6.08 Å². The quantitative estimate of drug-likeness (QED) is 0.713. The second kappa shape index (κ2) is 3.46. The van der Waals surface area contributed by atoms with Gasteiger partial charge in [-0.15, -0.1) is 0 Å². The summed E-state index contributed by atoms with van der Waals surface area (Å²) >= 11 is 0. The van der Waals surface area contributed by atoms with E-state index in [0.717, 1.165) is 5.76 Å². The summed E-state index contributed by atoms with van der Waals surface area (Å²) in [6.07, 6.45) is 2.01. The molecule has 1 aromatic carbocycles. The van der Waals surface area contributed by atoms with Crippen LogP contribution >= 0.6 is 0 Å². The van der Waals surface area contributed by atoms with Crippen LogP contribution in [0.25, 0.3) is 6.08 Å². The molecule has 0 heterocycles. The molecular weight excluding hydrogens is 176 g/mol. The molecule has 2 rings (SSSR count). The summed E-state index contributed by atoms with van der Waals surface area (Å²) < 4.78 is 10.7. The van der Waals surface area contributed by atoms with E-state index in [9.17, 15) is 0 Å². The predicted molar refractivity (Wildman–Crippen MR) is 55.9 cm³/mol. The Hall–Kier alpha value is -1.28. The summed E-state index contributed by atoms with van der Waals surface area (Å²) in [5.41, 5.74) is 3.68. The Kier molecular flexibility index (Phi) is 2.30. The molecule has 2 heteroatoms. The van der Waals surface area contributed by atoms with Crippen LogP contribution in [0.15, 0.2) is 24.0 Å². The van der Waals surface area contributed by atoms with Crippen molar-refractivity contribution in [2.45, 2.75) is 13.0 Å². The molecule has 0 radical (unpaired) electrons. The van der Waals surface area contributed by atoms with Gasteiger partial charge in [0.15, 0.2) is 0 Å². The van der Waals surface area contributed by atoms with Gasteiger partial charge in [0, 0.05) is 7.11 Å². The lowest BCUT2D eigenvalue weighted by atomic mass is 10.0. The van der Waals surface area contributed by atoms with E-state index in [1.165, 1.54) is 16.7 Å². The maximum atomic E-state index is 5.43. The summed E-state index contributed by atoms with van der Waals surface area (Å²) in [6.45, 7) is 2.09. The van der Waals surface area contributed by atoms with Crippen LogP contribution in [0.4, 0.5) is 0 Å². The summed E-state index contributed by atoms with van der Waals surface area (Å²) in [6, 6.07) is 6.23. The van der Waals surface area contributed by atoms with Crippen molar-refractivity contribution < 1.29 is 9.47 Å². The van der Waals surface area contributed by atoms with Gasteiger partial charge in [0.25, 0.3) is 0 Å². The van der Waals surface area contributed by atoms with E-state index in [0.29, 0.717) is 0 Å². The average molecular weight is 190 g/mol. The topological polar surface area (TPSA) is 18.5 Å². The molecule has 0 fully saturated rings. The first-order chi connectivity index (χ1) is 6.77. The Morgan fingerprint density at radius 3 is 2.64 bits per heavy atom. The van der Waals surface area contributed by atoms with Gasteiger partial charge in [0.1, 0.15) is 11.9 Å². The molecule has 1 unspecified atom stereocenters. The number of aryl methyl sites for hydroxylation is 1. The Bertz CT molecular complexity index is 380. The number of methoxy groups -OCH3 is 2. The van der Waals surface area contributed by atoms with Gasteiger partial charge >= 0.3 is 0 Å². The lowest BCUT2D eigenvalue weighted by molar-refractivity contribution is 0.0837. The molecular formula is C12H14O2. The maximum absolute atomic E-state index is 5.43. The average Bonchev–Trinajstić information content (AvgIpc) is 2.56. The van der Waals surface area contributed by atoms with Crippen molar-refractivity contribution in [2.24, 2.45) is 0 Å². The molecule has 0 aliphatic heterocycles. The molecule has 74 valence electrons. The maximum Gasteiger partial charge on any atom is 0.140 e. The molecule has 2 nitrogen and oxygen atoms in total. The molecule has 0 saturated heterocycles. The third-order valence-corrected chi connectivity index (χ3v) is 2.65. The smallest absolute Gasteiger partial charge is 0.140 e. The molecule has 1 aliphatic carbocycles. The van der Waals surface area contributed by atoms with Crippen molar-refractivity contribution in [3.05, 3.63) is 40.6 Å². The van der Waals surface area contributed by atoms with Gasteiger partial charge in [0.05, 0.1) is 7.11 Å². The highest BCUT2D eigenvalue weighted by molar-refractivity contribution is 5.65. The Morgan fingerprint density at radius 1 is 1.21 bits per heavy atom. The van der Waals surface area contributed by atoms with Gasteiger partial charge in [-0.1, -0.05) is 18.2 Å². The fourth-order valence-corrected chi connectivity index (χ4v) is 1.96. The van der Waals surface area contributed by atoms with Gasteiger partial charge in [-0.2, -0.15) is 0 Å². The van der Waals surface area contributed by atoms with Crippen LogP contribution in [0.1, 0.15) is 22.8 Å². The van der Waals surface area contributed by atoms with Crippen molar-refractivity contribution in [1.82, 2.24) is 0 Å². The number of rotatable bonds is 2. The minimum atomic E-state index is -0.0313. The lowest BCUT2D eigenvalue weighted by Gasteiger charge is -2.15. The van der Waals surface area contributed by atoms with E-state index in [2.05, 4.69) is 25.1 Å². The van der Waals surface area contributed by atoms with Crippen LogP contribution in [0.2, 0.25) is 0 Å². The van der Waals surface area contributed by atoms with Crippen LogP contribution in [0, 0.1) is 6.92 Å². The zero-order valence-corrected chi connectivity index (χ0v) is 8.70. The minimum Gasteiger partial charge on any atom is -0.498 e. The second-order valence-electron chi connectivity index (χ2n) is 3.44. The van der Waals surface area contributed by atoms with Crippen molar-refractivity contribution in [3.63, 3.8) is 0 Å². The normalized spacial score (nSPS) is 19.1. The first-order valence-corrected chi connectivity index (χ1v) is 4.66. The standard InChI is InChI=1S/C12H14O2/c1-8-5-4-6-9-7-10(13-2)12(14-3)11(8)9/h4-7,12H,1-3H3. The van der Waals surface area contributed by atoms with E-state index in [-0.39, 0.29) is 6.10 Å².